The van der Waals surface area contributed by atoms with Gasteiger partial charge < -0.3 is 0 Å². The summed E-state index contributed by atoms with van der Waals surface area (Å²) >= 11 is 0. The number of aldehydes is 1. The highest BCUT2D eigenvalue weighted by molar-refractivity contribution is 5.72. The van der Waals surface area contributed by atoms with E-state index in [4.69, 9.17) is 0 Å². The summed E-state index contributed by atoms with van der Waals surface area (Å²) in [4.78, 5) is 11.3. The van der Waals surface area contributed by atoms with Crippen molar-refractivity contribution in [1.29, 1.82) is 0 Å². The van der Waals surface area contributed by atoms with Crippen molar-refractivity contribution in [2.24, 2.45) is 5.41 Å². The maximum Gasteiger partial charge on any atom is 0.175 e. The Bertz CT molecular complexity index is 824. The molecule has 2 aliphatic carbocycles. The Kier molecular flexibility index (Phi) is 2.86. The number of hydrogen-bond acceptors (Lipinski definition) is 2. The molecule has 0 bridgehead atoms. The van der Waals surface area contributed by atoms with Crippen molar-refractivity contribution in [2.75, 3.05) is 0 Å². The summed E-state index contributed by atoms with van der Waals surface area (Å²) in [5.74, 6) is -0.301. The number of aromatic nitrogens is 2. The number of carbonyl (C=O) groups is 1. The molecule has 2 atom stereocenters. The molecule has 4 rings (SSSR count). The first-order valence-electron chi connectivity index (χ1n) is 7.66. The van der Waals surface area contributed by atoms with Crippen LogP contribution in [0.2, 0.25) is 0 Å². The molecule has 118 valence electrons. The predicted molar refractivity (Wildman–Crippen MR) is 82.4 cm³/mol. The normalized spacial score (nSPS) is 28.9. The minimum Gasteiger partial charge on any atom is -0.300 e. The van der Waals surface area contributed by atoms with Gasteiger partial charge in [0.1, 0.15) is 5.82 Å². The molecule has 0 saturated heterocycles. The molecule has 0 N–H and O–H groups in total. The molecule has 1 saturated carbocycles. The summed E-state index contributed by atoms with van der Waals surface area (Å²) in [5.41, 5.74) is 0.898. The van der Waals surface area contributed by atoms with E-state index >= 15 is 0 Å². The van der Waals surface area contributed by atoms with Gasteiger partial charge in [-0.25, -0.2) is 13.5 Å². The minimum atomic E-state index is -1.81. The van der Waals surface area contributed by atoms with Gasteiger partial charge >= 0.3 is 0 Å². The van der Waals surface area contributed by atoms with E-state index < -0.39 is 11.1 Å². The Morgan fingerprint density at radius 3 is 2.74 bits per heavy atom. The minimum absolute atomic E-state index is 0.229. The van der Waals surface area contributed by atoms with Crippen LogP contribution in [0.1, 0.15) is 31.0 Å². The lowest BCUT2D eigenvalue weighted by atomic mass is 9.69. The highest BCUT2D eigenvalue weighted by Crippen LogP contribution is 2.56. The summed E-state index contributed by atoms with van der Waals surface area (Å²) in [5, 5.41) is 4.37. The molecule has 2 aromatic rings. The second kappa shape index (κ2) is 4.60. The molecule has 0 radical (unpaired) electrons. The molecular weight excluding hydrogens is 298 g/mol. The van der Waals surface area contributed by atoms with E-state index in [-0.39, 0.29) is 12.2 Å². The molecular formula is C18H16F2N2O. The van der Waals surface area contributed by atoms with Crippen molar-refractivity contribution in [1.82, 2.24) is 9.78 Å². The Balaban J connectivity index is 1.82. The van der Waals surface area contributed by atoms with Gasteiger partial charge in [0.05, 0.1) is 17.6 Å². The number of hydrogen-bond donors (Lipinski definition) is 0. The Morgan fingerprint density at radius 1 is 1.30 bits per heavy atom. The van der Waals surface area contributed by atoms with Gasteiger partial charge in [-0.05, 0) is 55.2 Å². The van der Waals surface area contributed by atoms with E-state index in [9.17, 15) is 13.6 Å². The van der Waals surface area contributed by atoms with Crippen LogP contribution >= 0.6 is 0 Å². The number of rotatable bonds is 2. The van der Waals surface area contributed by atoms with Crippen molar-refractivity contribution in [2.45, 2.75) is 31.9 Å². The standard InChI is InChI=1S/C18H16F2N2O/c1-17-9-12-10-21-22(15-4-2-14(19)3-5-15)16(12)8-13(17)6-7-18(17,20)11-23/h2-5,8,10-11H,6-7,9H2,1H3/t17-,18-/m0/s1. The van der Waals surface area contributed by atoms with Crippen LogP contribution < -0.4 is 0 Å². The highest BCUT2D eigenvalue weighted by atomic mass is 19.1. The van der Waals surface area contributed by atoms with Gasteiger partial charge in [0.25, 0.3) is 0 Å². The third kappa shape index (κ3) is 1.85. The fourth-order valence-corrected chi connectivity index (χ4v) is 3.83. The first-order chi connectivity index (χ1) is 11.0. The zero-order valence-electron chi connectivity index (χ0n) is 12.7. The Hall–Kier alpha value is -2.30. The van der Waals surface area contributed by atoms with Gasteiger partial charge in [-0.3, -0.25) is 4.79 Å². The van der Waals surface area contributed by atoms with E-state index in [0.29, 0.717) is 19.1 Å². The van der Waals surface area contributed by atoms with E-state index in [1.54, 1.807) is 23.0 Å². The van der Waals surface area contributed by atoms with Crippen LogP contribution in [-0.4, -0.2) is 21.7 Å². The molecule has 0 unspecified atom stereocenters. The van der Waals surface area contributed by atoms with E-state index in [1.165, 1.54) is 12.1 Å². The van der Waals surface area contributed by atoms with Crippen LogP contribution in [0.5, 0.6) is 0 Å². The first-order valence-corrected chi connectivity index (χ1v) is 7.66. The molecule has 3 nitrogen and oxygen atoms in total. The molecule has 1 aromatic heterocycles. The fourth-order valence-electron chi connectivity index (χ4n) is 3.83. The van der Waals surface area contributed by atoms with Crippen molar-refractivity contribution < 1.29 is 13.6 Å². The SMILES string of the molecule is C[C@]12Cc3cnn(-c4ccc(F)cc4)c3C=C1CC[C@]2(F)C=O. The van der Waals surface area contributed by atoms with Crippen LogP contribution in [0.15, 0.2) is 36.0 Å². The topological polar surface area (TPSA) is 34.9 Å². The molecule has 2 aliphatic rings. The van der Waals surface area contributed by atoms with E-state index in [0.717, 1.165) is 22.5 Å². The lowest BCUT2D eigenvalue weighted by molar-refractivity contribution is -0.122. The second-order valence-electron chi connectivity index (χ2n) is 6.60. The molecule has 23 heavy (non-hydrogen) atoms. The summed E-state index contributed by atoms with van der Waals surface area (Å²) < 4.78 is 29.8. The number of halogens is 2. The van der Waals surface area contributed by atoms with Crippen molar-refractivity contribution >= 4 is 12.4 Å². The van der Waals surface area contributed by atoms with Crippen LogP contribution in [0.3, 0.4) is 0 Å². The summed E-state index contributed by atoms with van der Waals surface area (Å²) in [7, 11) is 0. The monoisotopic (exact) mass is 314 g/mol. The van der Waals surface area contributed by atoms with Gasteiger partial charge in [0.15, 0.2) is 12.0 Å². The molecule has 1 fully saturated rings. The number of benzene rings is 1. The number of alkyl halides is 1. The van der Waals surface area contributed by atoms with Crippen LogP contribution in [0, 0.1) is 11.2 Å². The highest BCUT2D eigenvalue weighted by Gasteiger charge is 2.57. The first kappa shape index (κ1) is 14.3. The van der Waals surface area contributed by atoms with Gasteiger partial charge in [0, 0.05) is 5.41 Å². The molecule has 0 aliphatic heterocycles. The summed E-state index contributed by atoms with van der Waals surface area (Å²) in [6.07, 6.45) is 5.36. The number of carbonyl (C=O) groups excluding carboxylic acids is 1. The molecule has 1 aromatic carbocycles. The quantitative estimate of drug-likeness (QED) is 0.793. The van der Waals surface area contributed by atoms with Gasteiger partial charge in [-0.15, -0.1) is 0 Å². The Morgan fingerprint density at radius 2 is 2.04 bits per heavy atom. The lowest BCUT2D eigenvalue weighted by Crippen LogP contribution is -2.42. The molecule has 5 heteroatoms. The third-order valence-corrected chi connectivity index (χ3v) is 5.38. The smallest absolute Gasteiger partial charge is 0.175 e. The van der Waals surface area contributed by atoms with Crippen molar-refractivity contribution in [3.05, 3.63) is 53.1 Å². The van der Waals surface area contributed by atoms with Crippen LogP contribution in [0.4, 0.5) is 8.78 Å². The summed E-state index contributed by atoms with van der Waals surface area (Å²) in [6.45, 7) is 1.82. The van der Waals surface area contributed by atoms with E-state index in [1.807, 2.05) is 13.0 Å². The average Bonchev–Trinajstić information content (AvgIpc) is 3.05. The molecule has 0 spiro atoms. The largest absolute Gasteiger partial charge is 0.300 e. The maximum atomic E-state index is 15.0. The zero-order valence-corrected chi connectivity index (χ0v) is 12.7. The van der Waals surface area contributed by atoms with Crippen LogP contribution in [-0.2, 0) is 11.2 Å². The number of fused-ring (bicyclic) bond motifs is 2. The predicted octanol–water partition coefficient (Wildman–Crippen LogP) is 3.66. The molecule has 0 amide bonds. The van der Waals surface area contributed by atoms with Gasteiger partial charge in [-0.2, -0.15) is 5.10 Å². The summed E-state index contributed by atoms with van der Waals surface area (Å²) in [6, 6.07) is 6.10. The number of nitrogens with zero attached hydrogens (tertiary/aromatic N) is 2. The average molecular weight is 314 g/mol. The maximum absolute atomic E-state index is 15.0. The van der Waals surface area contributed by atoms with Gasteiger partial charge in [-0.1, -0.05) is 12.5 Å². The van der Waals surface area contributed by atoms with E-state index in [2.05, 4.69) is 5.10 Å². The second-order valence-corrected chi connectivity index (χ2v) is 6.60. The lowest BCUT2D eigenvalue weighted by Gasteiger charge is -2.37. The zero-order chi connectivity index (χ0) is 16.2. The fraction of sp³-hybridized carbons (Fsp3) is 0.333. The van der Waals surface area contributed by atoms with Crippen LogP contribution in [0.25, 0.3) is 11.8 Å². The van der Waals surface area contributed by atoms with Crippen molar-refractivity contribution in [3.8, 4) is 5.69 Å². The third-order valence-electron chi connectivity index (χ3n) is 5.38. The van der Waals surface area contributed by atoms with Gasteiger partial charge in [0.2, 0.25) is 0 Å². The Labute approximate surface area is 132 Å². The van der Waals surface area contributed by atoms with Crippen molar-refractivity contribution in [3.63, 3.8) is 0 Å². The molecule has 1 heterocycles. The number of allylic oxidation sites excluding steroid dienone is 1.